The van der Waals surface area contributed by atoms with Crippen molar-refractivity contribution in [2.24, 2.45) is 11.8 Å². The predicted octanol–water partition coefficient (Wildman–Crippen LogP) is 2.74. The van der Waals surface area contributed by atoms with Crippen LogP contribution < -0.4 is 0 Å². The van der Waals surface area contributed by atoms with Gasteiger partial charge in [-0.2, -0.15) is 0 Å². The number of sulfonamides is 1. The highest BCUT2D eigenvalue weighted by Gasteiger charge is 2.23. The van der Waals surface area contributed by atoms with Gasteiger partial charge in [-0.25, -0.2) is 12.7 Å². The molecule has 2 atom stereocenters. The zero-order valence-electron chi connectivity index (χ0n) is 13.2. The molecule has 1 aromatic carbocycles. The normalized spacial score (nSPS) is 15.1. The Morgan fingerprint density at radius 2 is 1.81 bits per heavy atom. The van der Waals surface area contributed by atoms with Crippen molar-refractivity contribution in [2.45, 2.75) is 38.0 Å². The van der Waals surface area contributed by atoms with Gasteiger partial charge in [0.1, 0.15) is 0 Å². The summed E-state index contributed by atoms with van der Waals surface area (Å²) in [5.74, 6) is 0.595. The second-order valence-corrected chi connectivity index (χ2v) is 7.78. The van der Waals surface area contributed by atoms with Gasteiger partial charge < -0.3 is 5.11 Å². The van der Waals surface area contributed by atoms with Crippen LogP contribution in [-0.4, -0.2) is 38.0 Å². The average molecular weight is 313 g/mol. The Kier molecular flexibility index (Phi) is 7.35. The van der Waals surface area contributed by atoms with Crippen molar-refractivity contribution in [1.82, 2.24) is 4.31 Å². The van der Waals surface area contributed by atoms with Crippen molar-refractivity contribution in [2.75, 3.05) is 20.2 Å². The summed E-state index contributed by atoms with van der Waals surface area (Å²) in [4.78, 5) is 0.297. The Hall–Kier alpha value is -0.910. The molecule has 0 bridgehead atoms. The number of benzene rings is 1. The fourth-order valence-electron chi connectivity index (χ4n) is 2.20. The summed E-state index contributed by atoms with van der Waals surface area (Å²) in [5.41, 5.74) is 0. The van der Waals surface area contributed by atoms with Crippen LogP contribution >= 0.6 is 0 Å². The number of aliphatic hydroxyl groups is 1. The average Bonchev–Trinajstić information content (AvgIpc) is 2.51. The predicted molar refractivity (Wildman–Crippen MR) is 85.5 cm³/mol. The first kappa shape index (κ1) is 18.1. The highest BCUT2D eigenvalue weighted by molar-refractivity contribution is 7.89. The van der Waals surface area contributed by atoms with Gasteiger partial charge in [0.2, 0.25) is 10.0 Å². The number of nitrogens with zero attached hydrogens (tertiary/aromatic N) is 1. The van der Waals surface area contributed by atoms with E-state index >= 15 is 0 Å². The molecule has 1 aromatic rings. The third-order valence-corrected chi connectivity index (χ3v) is 5.83. The van der Waals surface area contributed by atoms with E-state index in [0.29, 0.717) is 17.4 Å². The van der Waals surface area contributed by atoms with Crippen molar-refractivity contribution in [1.29, 1.82) is 0 Å². The first-order valence-electron chi connectivity index (χ1n) is 7.54. The van der Waals surface area contributed by atoms with Gasteiger partial charge in [0.25, 0.3) is 0 Å². The lowest BCUT2D eigenvalue weighted by Gasteiger charge is -2.23. The first-order chi connectivity index (χ1) is 9.91. The zero-order valence-corrected chi connectivity index (χ0v) is 14.0. The Bertz CT molecular complexity index is 502. The zero-order chi connectivity index (χ0) is 15.9. The Labute approximate surface area is 128 Å². The highest BCUT2D eigenvalue weighted by atomic mass is 32.2. The molecule has 1 rings (SSSR count). The molecule has 0 spiro atoms. The minimum absolute atomic E-state index is 0.0116. The van der Waals surface area contributed by atoms with Gasteiger partial charge in [-0.3, -0.25) is 0 Å². The Morgan fingerprint density at radius 3 is 2.33 bits per heavy atom. The van der Waals surface area contributed by atoms with Crippen LogP contribution in [0.25, 0.3) is 0 Å². The van der Waals surface area contributed by atoms with Crippen molar-refractivity contribution in [3.05, 3.63) is 30.3 Å². The molecular formula is C16H27NO3S. The molecule has 120 valence electrons. The van der Waals surface area contributed by atoms with Gasteiger partial charge in [0.15, 0.2) is 0 Å². The van der Waals surface area contributed by atoms with Crippen LogP contribution in [-0.2, 0) is 10.0 Å². The van der Waals surface area contributed by atoms with Gasteiger partial charge in [-0.15, -0.1) is 0 Å². The fraction of sp³-hybridized carbons (Fsp3) is 0.625. The standard InChI is InChI=1S/C16H27NO3S/c1-4-14(2)10-11-15(13-18)12-17(3)21(19,20)16-8-6-5-7-9-16/h5-9,14-15,18H,4,10-13H2,1-3H3. The summed E-state index contributed by atoms with van der Waals surface area (Å²) in [6.07, 6.45) is 2.97. The SMILES string of the molecule is CCC(C)CCC(CO)CN(C)S(=O)(=O)c1ccccc1. The second kappa shape index (κ2) is 8.51. The molecule has 0 saturated carbocycles. The molecule has 5 heteroatoms. The third kappa shape index (κ3) is 5.41. The maximum absolute atomic E-state index is 12.4. The lowest BCUT2D eigenvalue weighted by atomic mass is 9.96. The van der Waals surface area contributed by atoms with Gasteiger partial charge in [-0.1, -0.05) is 44.9 Å². The summed E-state index contributed by atoms with van der Waals surface area (Å²) in [6.45, 7) is 4.69. The number of hydrogen-bond acceptors (Lipinski definition) is 3. The maximum Gasteiger partial charge on any atom is 0.242 e. The van der Waals surface area contributed by atoms with Crippen LogP contribution in [0.1, 0.15) is 33.1 Å². The summed E-state index contributed by atoms with van der Waals surface area (Å²) in [5, 5.41) is 9.48. The number of aliphatic hydroxyl groups excluding tert-OH is 1. The van der Waals surface area contributed by atoms with E-state index in [2.05, 4.69) is 13.8 Å². The van der Waals surface area contributed by atoms with E-state index in [1.54, 1.807) is 37.4 Å². The summed E-state index contributed by atoms with van der Waals surface area (Å²) < 4.78 is 26.2. The number of rotatable bonds is 9. The second-order valence-electron chi connectivity index (χ2n) is 5.74. The van der Waals surface area contributed by atoms with Crippen LogP contribution in [0.4, 0.5) is 0 Å². The van der Waals surface area contributed by atoms with Gasteiger partial charge in [0, 0.05) is 20.2 Å². The van der Waals surface area contributed by atoms with Crippen LogP contribution in [0.5, 0.6) is 0 Å². The van der Waals surface area contributed by atoms with Crippen LogP contribution in [0.15, 0.2) is 35.2 Å². The first-order valence-corrected chi connectivity index (χ1v) is 8.98. The van der Waals surface area contributed by atoms with E-state index in [1.807, 2.05) is 0 Å². The molecule has 2 unspecified atom stereocenters. The molecule has 0 heterocycles. The van der Waals surface area contributed by atoms with Crippen LogP contribution in [0, 0.1) is 11.8 Å². The smallest absolute Gasteiger partial charge is 0.242 e. The molecule has 4 nitrogen and oxygen atoms in total. The van der Waals surface area contributed by atoms with E-state index in [9.17, 15) is 13.5 Å². The molecule has 1 N–H and O–H groups in total. The number of hydrogen-bond donors (Lipinski definition) is 1. The van der Waals surface area contributed by atoms with Gasteiger partial charge in [0.05, 0.1) is 4.90 Å². The topological polar surface area (TPSA) is 57.6 Å². The molecule has 21 heavy (non-hydrogen) atoms. The van der Waals surface area contributed by atoms with Gasteiger partial charge >= 0.3 is 0 Å². The lowest BCUT2D eigenvalue weighted by Crippen LogP contribution is -2.33. The molecule has 0 aliphatic heterocycles. The van der Waals surface area contributed by atoms with Crippen molar-refractivity contribution < 1.29 is 13.5 Å². The monoisotopic (exact) mass is 313 g/mol. The van der Waals surface area contributed by atoms with Crippen molar-refractivity contribution in [3.63, 3.8) is 0 Å². The summed E-state index contributed by atoms with van der Waals surface area (Å²) >= 11 is 0. The molecule has 0 fully saturated rings. The largest absolute Gasteiger partial charge is 0.396 e. The van der Waals surface area contributed by atoms with Crippen LogP contribution in [0.3, 0.4) is 0 Å². The maximum atomic E-state index is 12.4. The molecule has 0 radical (unpaired) electrons. The van der Waals surface area contributed by atoms with E-state index in [1.165, 1.54) is 4.31 Å². The van der Waals surface area contributed by atoms with Gasteiger partial charge in [-0.05, 0) is 30.4 Å². The molecule has 0 aliphatic rings. The molecule has 0 saturated heterocycles. The molecular weight excluding hydrogens is 286 g/mol. The fourth-order valence-corrected chi connectivity index (χ4v) is 3.47. The van der Waals surface area contributed by atoms with Crippen LogP contribution in [0.2, 0.25) is 0 Å². The van der Waals surface area contributed by atoms with E-state index in [-0.39, 0.29) is 12.5 Å². The quantitative estimate of drug-likeness (QED) is 0.762. The molecule has 0 amide bonds. The third-order valence-electron chi connectivity index (χ3n) is 3.99. The Morgan fingerprint density at radius 1 is 1.19 bits per heavy atom. The van der Waals surface area contributed by atoms with E-state index < -0.39 is 10.0 Å². The van der Waals surface area contributed by atoms with E-state index in [0.717, 1.165) is 19.3 Å². The van der Waals surface area contributed by atoms with E-state index in [4.69, 9.17) is 0 Å². The lowest BCUT2D eigenvalue weighted by molar-refractivity contribution is 0.192. The highest BCUT2D eigenvalue weighted by Crippen LogP contribution is 2.19. The summed E-state index contributed by atoms with van der Waals surface area (Å²) in [7, 11) is -1.89. The minimum Gasteiger partial charge on any atom is -0.396 e. The molecule has 0 aromatic heterocycles. The van der Waals surface area contributed by atoms with Crippen molar-refractivity contribution in [3.8, 4) is 0 Å². The summed E-state index contributed by atoms with van der Waals surface area (Å²) in [6, 6.07) is 8.42. The molecule has 0 aliphatic carbocycles. The van der Waals surface area contributed by atoms with Crippen molar-refractivity contribution >= 4 is 10.0 Å². The Balaban J connectivity index is 2.67. The minimum atomic E-state index is -3.47.